The molecule has 1 nitrogen and oxygen atoms in total. The average Bonchev–Trinajstić information content (AvgIpc) is 2.65. The van der Waals surface area contributed by atoms with E-state index in [1.807, 2.05) is 6.20 Å². The topological polar surface area (TPSA) is 12.9 Å². The van der Waals surface area contributed by atoms with Crippen molar-refractivity contribution in [1.82, 2.24) is 4.98 Å². The van der Waals surface area contributed by atoms with Gasteiger partial charge in [0.05, 0.1) is 5.69 Å². The smallest absolute Gasteiger partial charge is 0.0783 e. The first-order valence-corrected chi connectivity index (χ1v) is 9.47. The third-order valence-corrected chi connectivity index (χ3v) is 5.26. The third kappa shape index (κ3) is 2.78. The van der Waals surface area contributed by atoms with Crippen LogP contribution >= 0.6 is 0 Å². The second-order valence-electron chi connectivity index (χ2n) is 7.70. The molecular formula is C25H25N. The van der Waals surface area contributed by atoms with Gasteiger partial charge >= 0.3 is 0 Å². The molecule has 1 heterocycles. The Morgan fingerprint density at radius 1 is 0.692 bits per heavy atom. The van der Waals surface area contributed by atoms with E-state index in [9.17, 15) is 0 Å². The molecule has 1 aromatic heterocycles. The maximum Gasteiger partial charge on any atom is 0.0783 e. The van der Waals surface area contributed by atoms with Crippen LogP contribution in [0.4, 0.5) is 0 Å². The summed E-state index contributed by atoms with van der Waals surface area (Å²) in [6.07, 6.45) is 1.95. The molecule has 4 aromatic rings. The van der Waals surface area contributed by atoms with Crippen molar-refractivity contribution >= 4 is 21.5 Å². The van der Waals surface area contributed by atoms with Gasteiger partial charge in [-0.1, -0.05) is 82.3 Å². The molecule has 0 saturated carbocycles. The van der Waals surface area contributed by atoms with Crippen molar-refractivity contribution in [2.24, 2.45) is 0 Å². The highest BCUT2D eigenvalue weighted by Gasteiger charge is 2.16. The summed E-state index contributed by atoms with van der Waals surface area (Å²) < 4.78 is 0. The van der Waals surface area contributed by atoms with Gasteiger partial charge in [-0.25, -0.2) is 0 Å². The van der Waals surface area contributed by atoms with Crippen LogP contribution in [0.1, 0.15) is 50.7 Å². The maximum absolute atomic E-state index is 4.80. The fourth-order valence-corrected chi connectivity index (χ4v) is 3.89. The zero-order chi connectivity index (χ0) is 18.3. The Hall–Kier alpha value is -2.67. The van der Waals surface area contributed by atoms with E-state index in [0.29, 0.717) is 11.8 Å². The Labute approximate surface area is 155 Å². The molecule has 4 rings (SSSR count). The van der Waals surface area contributed by atoms with E-state index in [4.69, 9.17) is 4.98 Å². The molecule has 0 aliphatic rings. The summed E-state index contributed by atoms with van der Waals surface area (Å²) in [7, 11) is 0. The molecule has 26 heavy (non-hydrogen) atoms. The van der Waals surface area contributed by atoms with Gasteiger partial charge in [0.15, 0.2) is 0 Å². The molecule has 0 atom stereocenters. The second kappa shape index (κ2) is 6.57. The number of fused-ring (bicyclic) bond motifs is 2. The predicted molar refractivity (Wildman–Crippen MR) is 113 cm³/mol. The van der Waals surface area contributed by atoms with E-state index < -0.39 is 0 Å². The number of hydrogen-bond acceptors (Lipinski definition) is 1. The highest BCUT2D eigenvalue weighted by atomic mass is 14.7. The monoisotopic (exact) mass is 339 g/mol. The Morgan fingerprint density at radius 2 is 1.50 bits per heavy atom. The molecule has 0 saturated heterocycles. The van der Waals surface area contributed by atoms with Crippen LogP contribution in [0.5, 0.6) is 0 Å². The summed E-state index contributed by atoms with van der Waals surface area (Å²) in [5.41, 5.74) is 5.10. The van der Waals surface area contributed by atoms with Crippen LogP contribution in [0, 0.1) is 0 Å². The molecule has 0 unspecified atom stereocenters. The van der Waals surface area contributed by atoms with Crippen molar-refractivity contribution < 1.29 is 0 Å². The highest BCUT2D eigenvalue weighted by Crippen LogP contribution is 2.37. The lowest BCUT2D eigenvalue weighted by Gasteiger charge is -2.17. The van der Waals surface area contributed by atoms with E-state index in [1.165, 1.54) is 38.2 Å². The zero-order valence-corrected chi connectivity index (χ0v) is 16.0. The largest absolute Gasteiger partial charge is 0.256 e. The third-order valence-electron chi connectivity index (χ3n) is 5.26. The molecule has 0 spiro atoms. The van der Waals surface area contributed by atoms with Gasteiger partial charge in [-0.05, 0) is 45.2 Å². The fraction of sp³-hybridized carbons (Fsp3) is 0.240. The summed E-state index contributed by atoms with van der Waals surface area (Å²) >= 11 is 0. The van der Waals surface area contributed by atoms with Crippen molar-refractivity contribution in [1.29, 1.82) is 0 Å². The Kier molecular flexibility index (Phi) is 4.24. The number of aromatic nitrogens is 1. The first-order chi connectivity index (χ1) is 12.6. The van der Waals surface area contributed by atoms with Gasteiger partial charge in [-0.2, -0.15) is 0 Å². The van der Waals surface area contributed by atoms with Gasteiger partial charge in [0.2, 0.25) is 0 Å². The molecule has 0 aliphatic carbocycles. The van der Waals surface area contributed by atoms with E-state index in [0.717, 1.165) is 5.69 Å². The maximum atomic E-state index is 4.80. The summed E-state index contributed by atoms with van der Waals surface area (Å²) in [6.45, 7) is 9.02. The van der Waals surface area contributed by atoms with Crippen molar-refractivity contribution in [3.05, 3.63) is 78.0 Å². The second-order valence-corrected chi connectivity index (χ2v) is 7.70. The average molecular weight is 339 g/mol. The lowest BCUT2D eigenvalue weighted by Crippen LogP contribution is -1.97. The minimum Gasteiger partial charge on any atom is -0.256 e. The molecule has 1 heteroatoms. The van der Waals surface area contributed by atoms with Gasteiger partial charge in [-0.3, -0.25) is 4.98 Å². The van der Waals surface area contributed by atoms with Crippen molar-refractivity contribution in [2.75, 3.05) is 0 Å². The predicted octanol–water partition coefficient (Wildman–Crippen LogP) is 7.30. The highest BCUT2D eigenvalue weighted by molar-refractivity contribution is 5.99. The van der Waals surface area contributed by atoms with Crippen LogP contribution in [0.2, 0.25) is 0 Å². The Bertz CT molecular complexity index is 1090. The fourth-order valence-electron chi connectivity index (χ4n) is 3.89. The van der Waals surface area contributed by atoms with Crippen molar-refractivity contribution in [3.63, 3.8) is 0 Å². The van der Waals surface area contributed by atoms with E-state index in [-0.39, 0.29) is 0 Å². The lowest BCUT2D eigenvalue weighted by atomic mass is 9.88. The normalized spacial score (nSPS) is 11.8. The van der Waals surface area contributed by atoms with Crippen LogP contribution in [-0.4, -0.2) is 4.98 Å². The molecule has 0 amide bonds. The minimum absolute atomic E-state index is 0.433. The summed E-state index contributed by atoms with van der Waals surface area (Å²) in [4.78, 5) is 4.80. The van der Waals surface area contributed by atoms with Crippen LogP contribution < -0.4 is 0 Å². The summed E-state index contributed by atoms with van der Waals surface area (Å²) in [5.74, 6) is 0.964. The molecule has 0 N–H and O–H groups in total. The summed E-state index contributed by atoms with van der Waals surface area (Å²) in [5, 5.41) is 5.12. The molecule has 0 aliphatic heterocycles. The van der Waals surface area contributed by atoms with E-state index in [2.05, 4.69) is 88.4 Å². The lowest BCUT2D eigenvalue weighted by molar-refractivity contribution is 0.868. The van der Waals surface area contributed by atoms with E-state index in [1.54, 1.807) is 0 Å². The minimum atomic E-state index is 0.433. The quantitative estimate of drug-likeness (QED) is 0.381. The number of pyridine rings is 1. The molecule has 3 aromatic carbocycles. The van der Waals surface area contributed by atoms with Gasteiger partial charge in [-0.15, -0.1) is 0 Å². The zero-order valence-electron chi connectivity index (χ0n) is 16.0. The van der Waals surface area contributed by atoms with Gasteiger partial charge in [0.25, 0.3) is 0 Å². The van der Waals surface area contributed by atoms with Crippen LogP contribution in [0.25, 0.3) is 32.8 Å². The number of hydrogen-bond donors (Lipinski definition) is 0. The van der Waals surface area contributed by atoms with Crippen molar-refractivity contribution in [2.45, 2.75) is 39.5 Å². The molecule has 0 radical (unpaired) electrons. The Balaban J connectivity index is 2.02. The standard InChI is InChI=1S/C25H25N/c1-16(2)19-10-11-22-20(15-19)13-14-26-25(22)23-12-9-18-7-5-6-8-21(18)24(23)17(3)4/h5-17H,1-4H3. The first-order valence-electron chi connectivity index (χ1n) is 9.47. The first kappa shape index (κ1) is 16.8. The van der Waals surface area contributed by atoms with Crippen LogP contribution in [-0.2, 0) is 0 Å². The molecule has 130 valence electrons. The van der Waals surface area contributed by atoms with Crippen molar-refractivity contribution in [3.8, 4) is 11.3 Å². The summed E-state index contributed by atoms with van der Waals surface area (Å²) in [6, 6.07) is 22.0. The number of rotatable bonds is 3. The number of nitrogens with zero attached hydrogens (tertiary/aromatic N) is 1. The number of benzene rings is 3. The van der Waals surface area contributed by atoms with E-state index >= 15 is 0 Å². The van der Waals surface area contributed by atoms with Gasteiger partial charge in [0, 0.05) is 17.1 Å². The molecular weight excluding hydrogens is 314 g/mol. The van der Waals surface area contributed by atoms with Gasteiger partial charge in [0.1, 0.15) is 0 Å². The van der Waals surface area contributed by atoms with Gasteiger partial charge < -0.3 is 0 Å². The Morgan fingerprint density at radius 3 is 2.27 bits per heavy atom. The van der Waals surface area contributed by atoms with Crippen LogP contribution in [0.15, 0.2) is 66.9 Å². The van der Waals surface area contributed by atoms with Crippen LogP contribution in [0.3, 0.4) is 0 Å². The SMILES string of the molecule is CC(C)c1ccc2c(-c3ccc4ccccc4c3C(C)C)nccc2c1. The molecule has 0 bridgehead atoms. The molecule has 0 fully saturated rings.